The first-order valence-electron chi connectivity index (χ1n) is 5.54. The summed E-state index contributed by atoms with van der Waals surface area (Å²) in [7, 11) is -3.73. The van der Waals surface area contributed by atoms with Crippen LogP contribution in [0.1, 0.15) is 5.56 Å². The molecule has 0 amide bonds. The van der Waals surface area contributed by atoms with Crippen LogP contribution in [0.4, 0.5) is 10.1 Å². The zero-order valence-electron chi connectivity index (χ0n) is 9.97. The highest BCUT2D eigenvalue weighted by Gasteiger charge is 2.15. The van der Waals surface area contributed by atoms with Crippen molar-refractivity contribution in [1.29, 1.82) is 0 Å². The smallest absolute Gasteiger partial charge is 0.240 e. The van der Waals surface area contributed by atoms with Crippen LogP contribution >= 0.6 is 11.3 Å². The Balaban J connectivity index is 2.05. The fraction of sp³-hybridized carbons (Fsp3) is 0.167. The quantitative estimate of drug-likeness (QED) is 0.830. The van der Waals surface area contributed by atoms with E-state index >= 15 is 0 Å². The predicted molar refractivity (Wildman–Crippen MR) is 74.0 cm³/mol. The average molecular weight is 300 g/mol. The zero-order chi connectivity index (χ0) is 13.9. The van der Waals surface area contributed by atoms with Gasteiger partial charge in [-0.15, -0.1) is 0 Å². The molecule has 1 heterocycles. The van der Waals surface area contributed by atoms with Crippen molar-refractivity contribution in [3.05, 3.63) is 46.4 Å². The Kier molecular flexibility index (Phi) is 4.18. The summed E-state index contributed by atoms with van der Waals surface area (Å²) in [5, 5.41) is 3.88. The highest BCUT2D eigenvalue weighted by atomic mass is 32.2. The second kappa shape index (κ2) is 5.68. The standard InChI is InChI=1S/C12H13FN2O2S2/c13-10-5-11(14)7-12(6-10)19(16,17)15-3-1-9-2-4-18-8-9/h2,4-8,15H,1,3,14H2. The summed E-state index contributed by atoms with van der Waals surface area (Å²) in [4.78, 5) is -0.157. The number of thiophene rings is 1. The fourth-order valence-electron chi connectivity index (χ4n) is 1.59. The van der Waals surface area contributed by atoms with Gasteiger partial charge in [-0.3, -0.25) is 0 Å². The minimum atomic E-state index is -3.73. The summed E-state index contributed by atoms with van der Waals surface area (Å²) in [6.07, 6.45) is 0.591. The van der Waals surface area contributed by atoms with Crippen LogP contribution in [0.15, 0.2) is 39.9 Å². The van der Waals surface area contributed by atoms with E-state index < -0.39 is 15.8 Å². The van der Waals surface area contributed by atoms with Gasteiger partial charge < -0.3 is 5.73 Å². The van der Waals surface area contributed by atoms with Crippen molar-refractivity contribution in [3.63, 3.8) is 0 Å². The lowest BCUT2D eigenvalue weighted by Gasteiger charge is -2.07. The lowest BCUT2D eigenvalue weighted by Crippen LogP contribution is -2.26. The molecule has 0 bridgehead atoms. The first-order valence-corrected chi connectivity index (χ1v) is 7.97. The Morgan fingerprint density at radius 2 is 2.11 bits per heavy atom. The highest BCUT2D eigenvalue weighted by molar-refractivity contribution is 7.89. The van der Waals surface area contributed by atoms with E-state index in [9.17, 15) is 12.8 Å². The van der Waals surface area contributed by atoms with Gasteiger partial charge in [0.05, 0.1) is 4.90 Å². The maximum Gasteiger partial charge on any atom is 0.240 e. The van der Waals surface area contributed by atoms with Gasteiger partial charge in [0.15, 0.2) is 0 Å². The SMILES string of the molecule is Nc1cc(F)cc(S(=O)(=O)NCCc2ccsc2)c1. The van der Waals surface area contributed by atoms with Crippen LogP contribution < -0.4 is 10.5 Å². The van der Waals surface area contributed by atoms with Crippen molar-refractivity contribution in [2.24, 2.45) is 0 Å². The molecule has 102 valence electrons. The fourth-order valence-corrected chi connectivity index (χ4v) is 3.39. The average Bonchev–Trinajstić information content (AvgIpc) is 2.80. The van der Waals surface area contributed by atoms with E-state index in [2.05, 4.69) is 4.72 Å². The zero-order valence-corrected chi connectivity index (χ0v) is 11.6. The van der Waals surface area contributed by atoms with E-state index in [1.54, 1.807) is 11.3 Å². The number of hydrogen-bond acceptors (Lipinski definition) is 4. The Bertz CT molecular complexity index is 634. The Labute approximate surface area is 115 Å². The number of rotatable bonds is 5. The normalized spacial score (nSPS) is 11.6. The third-order valence-corrected chi connectivity index (χ3v) is 4.66. The van der Waals surface area contributed by atoms with Gasteiger partial charge in [0.2, 0.25) is 10.0 Å². The summed E-state index contributed by atoms with van der Waals surface area (Å²) >= 11 is 1.55. The second-order valence-corrected chi connectivity index (χ2v) is 6.55. The monoisotopic (exact) mass is 300 g/mol. The molecule has 1 aromatic heterocycles. The molecule has 0 saturated carbocycles. The van der Waals surface area contributed by atoms with Crippen molar-refractivity contribution >= 4 is 27.0 Å². The van der Waals surface area contributed by atoms with Gasteiger partial charge in [-0.2, -0.15) is 11.3 Å². The molecule has 0 radical (unpaired) electrons. The van der Waals surface area contributed by atoms with E-state index in [0.29, 0.717) is 6.42 Å². The third-order valence-electron chi connectivity index (χ3n) is 2.49. The van der Waals surface area contributed by atoms with Crippen LogP contribution in [0.25, 0.3) is 0 Å². The summed E-state index contributed by atoms with van der Waals surface area (Å²) < 4.78 is 39.4. The van der Waals surface area contributed by atoms with Crippen LogP contribution in [-0.2, 0) is 16.4 Å². The Morgan fingerprint density at radius 1 is 1.32 bits per heavy atom. The lowest BCUT2D eigenvalue weighted by atomic mass is 10.2. The minimum absolute atomic E-state index is 0.0817. The summed E-state index contributed by atoms with van der Waals surface area (Å²) in [6.45, 7) is 0.259. The summed E-state index contributed by atoms with van der Waals surface area (Å²) in [6, 6.07) is 5.18. The maximum absolute atomic E-state index is 13.1. The minimum Gasteiger partial charge on any atom is -0.399 e. The van der Waals surface area contributed by atoms with Gasteiger partial charge in [0.1, 0.15) is 5.82 Å². The van der Waals surface area contributed by atoms with Gasteiger partial charge in [0, 0.05) is 12.2 Å². The molecule has 0 fully saturated rings. The van der Waals surface area contributed by atoms with Crippen molar-refractivity contribution in [1.82, 2.24) is 4.72 Å². The molecule has 4 nitrogen and oxygen atoms in total. The summed E-state index contributed by atoms with van der Waals surface area (Å²) in [5.41, 5.74) is 6.57. The number of halogens is 1. The first-order chi connectivity index (χ1) is 8.97. The largest absolute Gasteiger partial charge is 0.399 e. The number of nitrogens with two attached hydrogens (primary N) is 1. The molecule has 0 aliphatic heterocycles. The number of benzene rings is 1. The van der Waals surface area contributed by atoms with Gasteiger partial charge in [-0.05, 0) is 47.0 Å². The van der Waals surface area contributed by atoms with Crippen molar-refractivity contribution in [2.45, 2.75) is 11.3 Å². The van der Waals surface area contributed by atoms with Gasteiger partial charge >= 0.3 is 0 Å². The van der Waals surface area contributed by atoms with Crippen LogP contribution in [0, 0.1) is 5.82 Å². The number of nitrogens with one attached hydrogen (secondary N) is 1. The van der Waals surface area contributed by atoms with E-state index in [1.165, 1.54) is 6.07 Å². The van der Waals surface area contributed by atoms with Crippen molar-refractivity contribution in [2.75, 3.05) is 12.3 Å². The molecular weight excluding hydrogens is 287 g/mol. The summed E-state index contributed by atoms with van der Waals surface area (Å²) in [5.74, 6) is -0.668. The predicted octanol–water partition coefficient (Wildman–Crippen LogP) is 1.99. The van der Waals surface area contributed by atoms with E-state index in [1.807, 2.05) is 16.8 Å². The maximum atomic E-state index is 13.1. The Hall–Kier alpha value is -1.44. The Morgan fingerprint density at radius 3 is 2.74 bits per heavy atom. The lowest BCUT2D eigenvalue weighted by molar-refractivity contribution is 0.578. The molecule has 2 rings (SSSR count). The molecule has 1 aromatic carbocycles. The number of hydrogen-bond donors (Lipinski definition) is 2. The second-order valence-electron chi connectivity index (χ2n) is 4.00. The van der Waals surface area contributed by atoms with Gasteiger partial charge in [-0.1, -0.05) is 0 Å². The molecule has 0 aliphatic rings. The van der Waals surface area contributed by atoms with E-state index in [0.717, 1.165) is 17.7 Å². The molecule has 0 saturated heterocycles. The van der Waals surface area contributed by atoms with Gasteiger partial charge in [0.25, 0.3) is 0 Å². The molecule has 0 aliphatic carbocycles. The molecule has 0 unspecified atom stereocenters. The van der Waals surface area contributed by atoms with Crippen LogP contribution in [0.3, 0.4) is 0 Å². The molecule has 0 spiro atoms. The first kappa shape index (κ1) is 14.0. The molecular formula is C12H13FN2O2S2. The third kappa shape index (κ3) is 3.76. The van der Waals surface area contributed by atoms with Crippen LogP contribution in [-0.4, -0.2) is 15.0 Å². The molecule has 7 heteroatoms. The van der Waals surface area contributed by atoms with Crippen LogP contribution in [0.5, 0.6) is 0 Å². The molecule has 0 atom stereocenters. The van der Waals surface area contributed by atoms with Gasteiger partial charge in [-0.25, -0.2) is 17.5 Å². The number of nitrogen functional groups attached to an aromatic ring is 1. The highest BCUT2D eigenvalue weighted by Crippen LogP contribution is 2.15. The molecule has 19 heavy (non-hydrogen) atoms. The van der Waals surface area contributed by atoms with E-state index in [-0.39, 0.29) is 17.1 Å². The van der Waals surface area contributed by atoms with Crippen molar-refractivity contribution < 1.29 is 12.8 Å². The number of anilines is 1. The van der Waals surface area contributed by atoms with E-state index in [4.69, 9.17) is 5.73 Å². The molecule has 3 N–H and O–H groups in total. The topological polar surface area (TPSA) is 72.2 Å². The number of sulfonamides is 1. The van der Waals surface area contributed by atoms with Crippen molar-refractivity contribution in [3.8, 4) is 0 Å². The molecule has 2 aromatic rings. The van der Waals surface area contributed by atoms with Crippen LogP contribution in [0.2, 0.25) is 0 Å².